The number of rotatable bonds is 4. The van der Waals surface area contributed by atoms with E-state index in [1.807, 2.05) is 0 Å². The highest BCUT2D eigenvalue weighted by molar-refractivity contribution is 6.29. The number of amides is 1. The molecule has 0 bridgehead atoms. The first-order valence-electron chi connectivity index (χ1n) is 5.93. The maximum absolute atomic E-state index is 11.9. The van der Waals surface area contributed by atoms with Crippen LogP contribution in [0.2, 0.25) is 5.15 Å². The molecule has 0 aliphatic rings. The van der Waals surface area contributed by atoms with Gasteiger partial charge in [0.1, 0.15) is 11.0 Å². The Bertz CT molecular complexity index is 703. The third kappa shape index (κ3) is 3.93. The van der Waals surface area contributed by atoms with Gasteiger partial charge in [0, 0.05) is 5.56 Å². The van der Waals surface area contributed by atoms with Crippen molar-refractivity contribution in [3.05, 3.63) is 47.1 Å². The van der Waals surface area contributed by atoms with Crippen LogP contribution in [0.4, 0.5) is 5.82 Å². The maximum atomic E-state index is 11.9. The summed E-state index contributed by atoms with van der Waals surface area (Å²) in [6.07, 6.45) is -0.418. The van der Waals surface area contributed by atoms with E-state index in [0.717, 1.165) is 6.07 Å². The second-order valence-corrected chi connectivity index (χ2v) is 4.58. The first-order valence-corrected chi connectivity index (χ1v) is 6.31. The van der Waals surface area contributed by atoms with Crippen LogP contribution in [0.5, 0.6) is 11.5 Å². The molecule has 0 aliphatic heterocycles. The van der Waals surface area contributed by atoms with E-state index < -0.39 is 23.9 Å². The molecule has 3 N–H and O–H groups in total. The van der Waals surface area contributed by atoms with E-state index in [0.29, 0.717) is 0 Å². The molecule has 0 atom stereocenters. The standard InChI is InChI=1S/C14H11ClN2O4/c15-12-2-1-3-13(16-12)17-14(21)7-10(19)8-4-5-9(18)11(20)6-8/h1-6,18,20H,7H2,(H,16,17,21). The minimum Gasteiger partial charge on any atom is -0.504 e. The van der Waals surface area contributed by atoms with Gasteiger partial charge in [-0.25, -0.2) is 4.98 Å². The number of anilines is 1. The predicted molar refractivity (Wildman–Crippen MR) is 76.6 cm³/mol. The lowest BCUT2D eigenvalue weighted by Gasteiger charge is -2.05. The number of aromatic nitrogens is 1. The number of hydrogen-bond donors (Lipinski definition) is 3. The molecule has 0 spiro atoms. The fraction of sp³-hybridized carbons (Fsp3) is 0.0714. The summed E-state index contributed by atoms with van der Waals surface area (Å²) in [5, 5.41) is 21.2. The summed E-state index contributed by atoms with van der Waals surface area (Å²) in [6, 6.07) is 8.32. The smallest absolute Gasteiger partial charge is 0.233 e. The van der Waals surface area contributed by atoms with Crippen LogP contribution in [0.3, 0.4) is 0 Å². The van der Waals surface area contributed by atoms with E-state index >= 15 is 0 Å². The number of phenols is 2. The number of halogens is 1. The van der Waals surface area contributed by atoms with Crippen LogP contribution in [0, 0.1) is 0 Å². The fourth-order valence-corrected chi connectivity index (χ4v) is 1.77. The number of benzene rings is 1. The summed E-state index contributed by atoms with van der Waals surface area (Å²) in [4.78, 5) is 27.5. The SMILES string of the molecule is O=C(CC(=O)c1ccc(O)c(O)c1)Nc1cccc(Cl)n1. The first kappa shape index (κ1) is 14.8. The second kappa shape index (κ2) is 6.23. The number of Topliss-reactive ketones (excluding diaryl/α,β-unsaturated/α-hetero) is 1. The molecular weight excluding hydrogens is 296 g/mol. The lowest BCUT2D eigenvalue weighted by Crippen LogP contribution is -2.17. The van der Waals surface area contributed by atoms with Crippen molar-refractivity contribution < 1.29 is 19.8 Å². The molecule has 0 saturated heterocycles. The molecule has 2 rings (SSSR count). The van der Waals surface area contributed by atoms with E-state index in [4.69, 9.17) is 16.7 Å². The van der Waals surface area contributed by atoms with Gasteiger partial charge in [0.2, 0.25) is 5.91 Å². The van der Waals surface area contributed by atoms with Gasteiger partial charge >= 0.3 is 0 Å². The van der Waals surface area contributed by atoms with Crippen molar-refractivity contribution in [3.8, 4) is 11.5 Å². The number of aromatic hydroxyl groups is 2. The molecule has 1 amide bonds. The fourth-order valence-electron chi connectivity index (χ4n) is 1.61. The Balaban J connectivity index is 2.02. The van der Waals surface area contributed by atoms with Crippen molar-refractivity contribution >= 4 is 29.1 Å². The van der Waals surface area contributed by atoms with Gasteiger partial charge in [-0.2, -0.15) is 0 Å². The minimum atomic E-state index is -0.553. The number of ketones is 1. The van der Waals surface area contributed by atoms with Gasteiger partial charge in [0.05, 0.1) is 6.42 Å². The molecule has 1 aromatic heterocycles. The van der Waals surface area contributed by atoms with Gasteiger partial charge in [-0.1, -0.05) is 17.7 Å². The van der Waals surface area contributed by atoms with E-state index in [1.54, 1.807) is 18.2 Å². The molecule has 108 valence electrons. The lowest BCUT2D eigenvalue weighted by atomic mass is 10.1. The monoisotopic (exact) mass is 306 g/mol. The maximum Gasteiger partial charge on any atom is 0.233 e. The second-order valence-electron chi connectivity index (χ2n) is 4.20. The average molecular weight is 307 g/mol. The van der Waals surface area contributed by atoms with Crippen LogP contribution in [-0.2, 0) is 4.79 Å². The van der Waals surface area contributed by atoms with Gasteiger partial charge in [0.15, 0.2) is 17.3 Å². The number of nitrogens with zero attached hydrogens (tertiary/aromatic N) is 1. The highest BCUT2D eigenvalue weighted by atomic mass is 35.5. The van der Waals surface area contributed by atoms with E-state index in [2.05, 4.69) is 10.3 Å². The number of carbonyl (C=O) groups excluding carboxylic acids is 2. The predicted octanol–water partition coefficient (Wildman–Crippen LogP) is 2.36. The highest BCUT2D eigenvalue weighted by Gasteiger charge is 2.14. The van der Waals surface area contributed by atoms with Crippen molar-refractivity contribution in [1.82, 2.24) is 4.98 Å². The van der Waals surface area contributed by atoms with Gasteiger partial charge in [-0.15, -0.1) is 0 Å². The topological polar surface area (TPSA) is 99.5 Å². The molecule has 0 radical (unpaired) electrons. The zero-order chi connectivity index (χ0) is 15.4. The Morgan fingerprint density at radius 1 is 1.14 bits per heavy atom. The van der Waals surface area contributed by atoms with Crippen LogP contribution in [0.15, 0.2) is 36.4 Å². The average Bonchev–Trinajstić information content (AvgIpc) is 2.41. The van der Waals surface area contributed by atoms with Gasteiger partial charge in [-0.05, 0) is 30.3 Å². The Morgan fingerprint density at radius 3 is 2.57 bits per heavy atom. The molecule has 1 aromatic carbocycles. The molecular formula is C14H11ClN2O4. The van der Waals surface area contributed by atoms with Crippen molar-refractivity contribution in [3.63, 3.8) is 0 Å². The third-order valence-corrected chi connectivity index (χ3v) is 2.81. The quantitative estimate of drug-likeness (QED) is 0.348. The summed E-state index contributed by atoms with van der Waals surface area (Å²) < 4.78 is 0. The minimum absolute atomic E-state index is 0.125. The Morgan fingerprint density at radius 2 is 1.90 bits per heavy atom. The first-order chi connectivity index (χ1) is 9.95. The van der Waals surface area contributed by atoms with Crippen LogP contribution >= 0.6 is 11.6 Å². The van der Waals surface area contributed by atoms with E-state index in [1.165, 1.54) is 12.1 Å². The number of pyridine rings is 1. The van der Waals surface area contributed by atoms with E-state index in [9.17, 15) is 14.7 Å². The molecule has 1 heterocycles. The number of hydrogen-bond acceptors (Lipinski definition) is 5. The Labute approximate surface area is 125 Å². The van der Waals surface area contributed by atoms with E-state index in [-0.39, 0.29) is 22.3 Å². The highest BCUT2D eigenvalue weighted by Crippen LogP contribution is 2.25. The number of phenolic OH excluding ortho intramolecular Hbond substituents is 2. The van der Waals surface area contributed by atoms with Crippen molar-refractivity contribution in [1.29, 1.82) is 0 Å². The lowest BCUT2D eigenvalue weighted by molar-refractivity contribution is -0.115. The molecule has 0 unspecified atom stereocenters. The van der Waals surface area contributed by atoms with Crippen molar-refractivity contribution in [2.24, 2.45) is 0 Å². The summed E-state index contributed by atoms with van der Waals surface area (Å²) in [6.45, 7) is 0. The largest absolute Gasteiger partial charge is 0.504 e. The zero-order valence-electron chi connectivity index (χ0n) is 10.7. The summed E-state index contributed by atoms with van der Waals surface area (Å²) >= 11 is 5.68. The molecule has 7 heteroatoms. The molecule has 21 heavy (non-hydrogen) atoms. The summed E-state index contributed by atoms with van der Waals surface area (Å²) in [5.74, 6) is -1.56. The summed E-state index contributed by atoms with van der Waals surface area (Å²) in [7, 11) is 0. The Kier molecular flexibility index (Phi) is 4.39. The third-order valence-electron chi connectivity index (χ3n) is 2.60. The van der Waals surface area contributed by atoms with Crippen LogP contribution < -0.4 is 5.32 Å². The van der Waals surface area contributed by atoms with Crippen molar-refractivity contribution in [2.75, 3.05) is 5.32 Å². The Hall–Kier alpha value is -2.60. The van der Waals surface area contributed by atoms with Gasteiger partial charge < -0.3 is 15.5 Å². The number of carbonyl (C=O) groups is 2. The molecule has 2 aromatic rings. The molecule has 6 nitrogen and oxygen atoms in total. The summed E-state index contributed by atoms with van der Waals surface area (Å²) in [5.41, 5.74) is 0.125. The van der Waals surface area contributed by atoms with Crippen LogP contribution in [0.25, 0.3) is 0 Å². The molecule has 0 fully saturated rings. The normalized spacial score (nSPS) is 10.1. The van der Waals surface area contributed by atoms with Crippen LogP contribution in [-0.4, -0.2) is 26.9 Å². The van der Waals surface area contributed by atoms with Crippen LogP contribution in [0.1, 0.15) is 16.8 Å². The number of nitrogens with one attached hydrogen (secondary N) is 1. The molecule has 0 aliphatic carbocycles. The molecule has 0 saturated carbocycles. The van der Waals surface area contributed by atoms with Gasteiger partial charge in [-0.3, -0.25) is 9.59 Å². The van der Waals surface area contributed by atoms with Crippen molar-refractivity contribution in [2.45, 2.75) is 6.42 Å². The zero-order valence-corrected chi connectivity index (χ0v) is 11.5. The van der Waals surface area contributed by atoms with Gasteiger partial charge in [0.25, 0.3) is 0 Å².